The molecule has 0 unspecified atom stereocenters. The van der Waals surface area contributed by atoms with Gasteiger partial charge >= 0.3 is 0 Å². The average molecular weight is 299 g/mol. The molecule has 1 saturated carbocycles. The number of guanidine groups is 2. The molecule has 0 aromatic heterocycles. The van der Waals surface area contributed by atoms with Crippen molar-refractivity contribution in [2.24, 2.45) is 21.5 Å². The van der Waals surface area contributed by atoms with Gasteiger partial charge in [0.25, 0.3) is 0 Å². The number of rotatable bonds is 2. The van der Waals surface area contributed by atoms with Gasteiger partial charge in [-0.25, -0.2) is 4.99 Å². The van der Waals surface area contributed by atoms with E-state index in [-0.39, 0.29) is 11.7 Å². The van der Waals surface area contributed by atoms with Crippen molar-refractivity contribution in [1.29, 1.82) is 0 Å². The van der Waals surface area contributed by atoms with Crippen LogP contribution in [0.15, 0.2) is 34.3 Å². The van der Waals surface area contributed by atoms with Crippen LogP contribution < -0.4 is 16.4 Å². The van der Waals surface area contributed by atoms with Gasteiger partial charge in [-0.15, -0.1) is 0 Å². The van der Waals surface area contributed by atoms with E-state index in [9.17, 15) is 4.79 Å². The predicted molar refractivity (Wildman–Crippen MR) is 88.0 cm³/mol. The van der Waals surface area contributed by atoms with Crippen molar-refractivity contribution in [2.45, 2.75) is 44.7 Å². The van der Waals surface area contributed by atoms with Gasteiger partial charge in [-0.2, -0.15) is 4.99 Å². The highest BCUT2D eigenvalue weighted by Crippen LogP contribution is 2.39. The molecular formula is C16H21N5O. The van der Waals surface area contributed by atoms with E-state index in [4.69, 9.17) is 11.5 Å². The van der Waals surface area contributed by atoms with Crippen LogP contribution in [-0.4, -0.2) is 23.4 Å². The van der Waals surface area contributed by atoms with Gasteiger partial charge in [0.1, 0.15) is 5.66 Å². The minimum Gasteiger partial charge on any atom is -0.369 e. The van der Waals surface area contributed by atoms with Crippen molar-refractivity contribution in [3.05, 3.63) is 29.8 Å². The van der Waals surface area contributed by atoms with Crippen LogP contribution >= 0.6 is 0 Å². The van der Waals surface area contributed by atoms with Crippen molar-refractivity contribution in [1.82, 2.24) is 0 Å². The first kappa shape index (κ1) is 14.6. The molecular weight excluding hydrogens is 278 g/mol. The Morgan fingerprint density at radius 3 is 2.64 bits per heavy atom. The second kappa shape index (κ2) is 5.44. The minimum absolute atomic E-state index is 0.0232. The molecule has 3 rings (SSSR count). The fraction of sp³-hybridized carbons (Fsp3) is 0.438. The number of nitrogens with zero attached hydrogens (tertiary/aromatic N) is 3. The van der Waals surface area contributed by atoms with E-state index in [0.717, 1.165) is 31.4 Å². The molecule has 22 heavy (non-hydrogen) atoms. The lowest BCUT2D eigenvalue weighted by Crippen LogP contribution is -2.58. The molecule has 1 aromatic carbocycles. The van der Waals surface area contributed by atoms with Gasteiger partial charge in [-0.05, 0) is 44.7 Å². The van der Waals surface area contributed by atoms with Gasteiger partial charge in [0, 0.05) is 11.3 Å². The molecule has 6 heteroatoms. The van der Waals surface area contributed by atoms with Gasteiger partial charge in [0.2, 0.25) is 11.9 Å². The maximum Gasteiger partial charge on any atom is 0.220 e. The zero-order valence-electron chi connectivity index (χ0n) is 12.7. The molecule has 2 aliphatic rings. The number of aliphatic imine (C=N–C) groups is 2. The number of benzene rings is 1. The number of ketones is 1. The summed E-state index contributed by atoms with van der Waals surface area (Å²) >= 11 is 0. The first-order chi connectivity index (χ1) is 10.5. The molecule has 0 radical (unpaired) electrons. The van der Waals surface area contributed by atoms with Crippen LogP contribution in [0.2, 0.25) is 0 Å². The van der Waals surface area contributed by atoms with Crippen LogP contribution in [-0.2, 0) is 0 Å². The molecule has 0 atom stereocenters. The molecule has 1 aliphatic carbocycles. The summed E-state index contributed by atoms with van der Waals surface area (Å²) < 4.78 is 0. The maximum atomic E-state index is 11.7. The predicted octanol–water partition coefficient (Wildman–Crippen LogP) is 2.00. The second-order valence-electron chi connectivity index (χ2n) is 5.93. The summed E-state index contributed by atoms with van der Waals surface area (Å²) in [5.74, 6) is 0.601. The summed E-state index contributed by atoms with van der Waals surface area (Å²) in [6.45, 7) is 1.55. The Morgan fingerprint density at radius 1 is 1.23 bits per heavy atom. The van der Waals surface area contributed by atoms with E-state index in [0.29, 0.717) is 11.5 Å². The highest BCUT2D eigenvalue weighted by atomic mass is 16.1. The number of carbonyl (C=O) groups is 1. The third-order valence-electron chi connectivity index (χ3n) is 4.36. The Bertz CT molecular complexity index is 658. The number of nitrogens with two attached hydrogens (primary N) is 2. The quantitative estimate of drug-likeness (QED) is 0.816. The lowest BCUT2D eigenvalue weighted by Gasteiger charge is -2.45. The van der Waals surface area contributed by atoms with Crippen molar-refractivity contribution < 1.29 is 4.79 Å². The van der Waals surface area contributed by atoms with Gasteiger partial charge in [0.05, 0.1) is 0 Å². The summed E-state index contributed by atoms with van der Waals surface area (Å²) in [6, 6.07) is 7.44. The Balaban J connectivity index is 2.08. The normalized spacial score (nSPS) is 20.5. The molecule has 1 spiro atoms. The van der Waals surface area contributed by atoms with Crippen LogP contribution in [0, 0.1) is 0 Å². The number of carbonyl (C=O) groups excluding carboxylic acids is 1. The second-order valence-corrected chi connectivity index (χ2v) is 5.93. The SMILES string of the molecule is CC(=O)c1cccc(N2C(N)=NC(N)=NC23CCCCC3)c1. The molecule has 4 N–H and O–H groups in total. The monoisotopic (exact) mass is 299 g/mol. The molecule has 0 saturated heterocycles. The van der Waals surface area contributed by atoms with E-state index >= 15 is 0 Å². The van der Waals surface area contributed by atoms with Crippen molar-refractivity contribution in [2.75, 3.05) is 4.90 Å². The Hall–Kier alpha value is -2.37. The molecule has 0 amide bonds. The maximum absolute atomic E-state index is 11.7. The first-order valence-corrected chi connectivity index (χ1v) is 7.63. The Labute approximate surface area is 129 Å². The summed E-state index contributed by atoms with van der Waals surface area (Å²) in [5.41, 5.74) is 13.0. The standard InChI is InChI=1S/C16H21N5O/c1-11(22)12-6-5-7-13(10-12)21-15(18)19-14(17)20-16(21)8-3-2-4-9-16/h5-7,10H,2-4,8-9H2,1H3,(H4,17,18,19,20). The molecule has 1 aromatic rings. The van der Waals surface area contributed by atoms with Gasteiger partial charge in [0.15, 0.2) is 5.78 Å². The first-order valence-electron chi connectivity index (χ1n) is 7.63. The lowest BCUT2D eigenvalue weighted by atomic mass is 9.87. The van der Waals surface area contributed by atoms with E-state index in [1.165, 1.54) is 6.42 Å². The lowest BCUT2D eigenvalue weighted by molar-refractivity contribution is 0.101. The summed E-state index contributed by atoms with van der Waals surface area (Å²) in [5, 5.41) is 0. The van der Waals surface area contributed by atoms with E-state index in [2.05, 4.69) is 9.98 Å². The molecule has 1 aliphatic heterocycles. The number of hydrogen-bond donors (Lipinski definition) is 2. The van der Waals surface area contributed by atoms with Crippen LogP contribution in [0.25, 0.3) is 0 Å². The Morgan fingerprint density at radius 2 is 1.95 bits per heavy atom. The van der Waals surface area contributed by atoms with Crippen molar-refractivity contribution >= 4 is 23.4 Å². The van der Waals surface area contributed by atoms with Crippen molar-refractivity contribution in [3.8, 4) is 0 Å². The Kier molecular flexibility index (Phi) is 3.60. The fourth-order valence-corrected chi connectivity index (χ4v) is 3.36. The van der Waals surface area contributed by atoms with Crippen LogP contribution in [0.3, 0.4) is 0 Å². The van der Waals surface area contributed by atoms with Gasteiger partial charge < -0.3 is 11.5 Å². The molecule has 6 nitrogen and oxygen atoms in total. The molecule has 1 fully saturated rings. The van der Waals surface area contributed by atoms with E-state index in [1.807, 2.05) is 23.1 Å². The van der Waals surface area contributed by atoms with Crippen LogP contribution in [0.1, 0.15) is 49.4 Å². The largest absolute Gasteiger partial charge is 0.369 e. The van der Waals surface area contributed by atoms with Crippen LogP contribution in [0.5, 0.6) is 0 Å². The third kappa shape index (κ3) is 2.45. The number of Topliss-reactive ketones (excluding diaryl/α,β-unsaturated/α-hetero) is 1. The summed E-state index contributed by atoms with van der Waals surface area (Å²) in [7, 11) is 0. The van der Waals surface area contributed by atoms with Gasteiger partial charge in [-0.1, -0.05) is 18.6 Å². The zero-order chi connectivity index (χ0) is 15.7. The highest BCUT2D eigenvalue weighted by molar-refractivity contribution is 6.06. The molecule has 0 bridgehead atoms. The molecule has 116 valence electrons. The molecule has 1 heterocycles. The summed E-state index contributed by atoms with van der Waals surface area (Å²) in [4.78, 5) is 22.3. The smallest absolute Gasteiger partial charge is 0.220 e. The van der Waals surface area contributed by atoms with E-state index < -0.39 is 5.66 Å². The summed E-state index contributed by atoms with van der Waals surface area (Å²) in [6.07, 6.45) is 5.11. The van der Waals surface area contributed by atoms with Gasteiger partial charge in [-0.3, -0.25) is 9.69 Å². The number of anilines is 1. The third-order valence-corrected chi connectivity index (χ3v) is 4.36. The zero-order valence-corrected chi connectivity index (χ0v) is 12.7. The van der Waals surface area contributed by atoms with E-state index in [1.54, 1.807) is 13.0 Å². The highest BCUT2D eigenvalue weighted by Gasteiger charge is 2.42. The topological polar surface area (TPSA) is 97.1 Å². The van der Waals surface area contributed by atoms with Crippen molar-refractivity contribution in [3.63, 3.8) is 0 Å². The number of hydrogen-bond acceptors (Lipinski definition) is 6. The van der Waals surface area contributed by atoms with Crippen LogP contribution in [0.4, 0.5) is 5.69 Å². The average Bonchev–Trinajstić information content (AvgIpc) is 2.47. The fourth-order valence-electron chi connectivity index (χ4n) is 3.36. The minimum atomic E-state index is -0.469.